The first-order valence-electron chi connectivity index (χ1n) is 5.20. The number of amides is 1. The summed E-state index contributed by atoms with van der Waals surface area (Å²) in [7, 11) is 1.71. The van der Waals surface area contributed by atoms with Gasteiger partial charge in [0, 0.05) is 19.4 Å². The predicted octanol–water partition coefficient (Wildman–Crippen LogP) is 0.780. The fourth-order valence-electron chi connectivity index (χ4n) is 1.45. The highest BCUT2D eigenvalue weighted by atomic mass is 16.2. The van der Waals surface area contributed by atoms with Crippen molar-refractivity contribution in [2.45, 2.75) is 13.5 Å². The van der Waals surface area contributed by atoms with Crippen LogP contribution in [0, 0.1) is 6.92 Å². The van der Waals surface area contributed by atoms with Crippen molar-refractivity contribution in [3.05, 3.63) is 41.7 Å². The van der Waals surface area contributed by atoms with Crippen LogP contribution in [0.15, 0.2) is 24.5 Å². The van der Waals surface area contributed by atoms with Crippen LogP contribution >= 0.6 is 0 Å². The summed E-state index contributed by atoms with van der Waals surface area (Å²) < 4.78 is 0. The molecule has 0 aliphatic rings. The van der Waals surface area contributed by atoms with E-state index in [2.05, 4.69) is 20.2 Å². The fourth-order valence-corrected chi connectivity index (χ4v) is 1.45. The summed E-state index contributed by atoms with van der Waals surface area (Å²) in [5, 5.41) is 6.73. The van der Waals surface area contributed by atoms with Crippen molar-refractivity contribution in [2.24, 2.45) is 0 Å². The Bertz CT molecular complexity index is 508. The summed E-state index contributed by atoms with van der Waals surface area (Å²) in [6.45, 7) is 2.19. The molecule has 0 atom stereocenters. The minimum Gasteiger partial charge on any atom is -0.334 e. The van der Waals surface area contributed by atoms with Crippen molar-refractivity contribution in [1.29, 1.82) is 0 Å². The first-order chi connectivity index (χ1) is 8.16. The Kier molecular flexibility index (Phi) is 3.13. The van der Waals surface area contributed by atoms with Gasteiger partial charge in [-0.1, -0.05) is 0 Å². The minimum atomic E-state index is -0.0967. The Morgan fingerprint density at radius 2 is 2.35 bits per heavy atom. The number of aryl methyl sites for hydroxylation is 1. The fraction of sp³-hybridized carbons (Fsp3) is 0.273. The average Bonchev–Trinajstić information content (AvgIpc) is 2.75. The number of carbonyl (C=O) groups is 1. The maximum Gasteiger partial charge on any atom is 0.255 e. The van der Waals surface area contributed by atoms with Crippen LogP contribution in [-0.4, -0.2) is 38.0 Å². The van der Waals surface area contributed by atoms with E-state index in [9.17, 15) is 4.79 Å². The predicted molar refractivity (Wildman–Crippen MR) is 61.2 cm³/mol. The van der Waals surface area contributed by atoms with Crippen LogP contribution in [-0.2, 0) is 6.54 Å². The summed E-state index contributed by atoms with van der Waals surface area (Å²) in [5.74, 6) is 1.24. The van der Waals surface area contributed by atoms with Crippen LogP contribution in [0.1, 0.15) is 22.0 Å². The van der Waals surface area contributed by atoms with Gasteiger partial charge in [-0.05, 0) is 19.1 Å². The summed E-state index contributed by atoms with van der Waals surface area (Å²) in [5.41, 5.74) is 0.558. The van der Waals surface area contributed by atoms with Crippen molar-refractivity contribution in [3.8, 4) is 0 Å². The van der Waals surface area contributed by atoms with Crippen molar-refractivity contribution >= 4 is 5.91 Å². The molecule has 0 saturated heterocycles. The van der Waals surface area contributed by atoms with Crippen LogP contribution in [0.5, 0.6) is 0 Å². The lowest BCUT2D eigenvalue weighted by molar-refractivity contribution is 0.0781. The third-order valence-corrected chi connectivity index (χ3v) is 2.28. The van der Waals surface area contributed by atoms with Crippen molar-refractivity contribution in [3.63, 3.8) is 0 Å². The molecule has 0 aromatic carbocycles. The van der Waals surface area contributed by atoms with Gasteiger partial charge in [-0.25, -0.2) is 4.98 Å². The number of nitrogens with one attached hydrogen (secondary N) is 1. The SMILES string of the molecule is Cc1nc(CN(C)C(=O)c2cccnc2)n[nH]1. The van der Waals surface area contributed by atoms with Gasteiger partial charge >= 0.3 is 0 Å². The maximum atomic E-state index is 12.0. The molecule has 2 rings (SSSR count). The van der Waals surface area contributed by atoms with Gasteiger partial charge < -0.3 is 4.90 Å². The molecule has 0 spiro atoms. The Balaban J connectivity index is 2.06. The lowest BCUT2D eigenvalue weighted by Crippen LogP contribution is -2.26. The van der Waals surface area contributed by atoms with Gasteiger partial charge in [0.25, 0.3) is 5.91 Å². The largest absolute Gasteiger partial charge is 0.334 e. The average molecular weight is 231 g/mol. The third-order valence-electron chi connectivity index (χ3n) is 2.28. The van der Waals surface area contributed by atoms with Crippen molar-refractivity contribution in [2.75, 3.05) is 7.05 Å². The van der Waals surface area contributed by atoms with Gasteiger partial charge in [-0.3, -0.25) is 14.9 Å². The number of aromatic nitrogens is 4. The normalized spacial score (nSPS) is 10.2. The molecule has 88 valence electrons. The number of nitrogens with zero attached hydrogens (tertiary/aromatic N) is 4. The smallest absolute Gasteiger partial charge is 0.255 e. The van der Waals surface area contributed by atoms with Gasteiger partial charge in [-0.2, -0.15) is 5.10 Å². The van der Waals surface area contributed by atoms with E-state index in [1.807, 2.05) is 6.92 Å². The first-order valence-corrected chi connectivity index (χ1v) is 5.20. The molecule has 0 fully saturated rings. The number of hydrogen-bond acceptors (Lipinski definition) is 4. The molecule has 0 aliphatic carbocycles. The zero-order chi connectivity index (χ0) is 12.3. The monoisotopic (exact) mass is 231 g/mol. The lowest BCUT2D eigenvalue weighted by Gasteiger charge is -2.14. The second kappa shape index (κ2) is 4.73. The summed E-state index contributed by atoms with van der Waals surface area (Å²) in [4.78, 5) is 21.6. The van der Waals surface area contributed by atoms with Gasteiger partial charge in [0.1, 0.15) is 5.82 Å². The van der Waals surface area contributed by atoms with Crippen molar-refractivity contribution < 1.29 is 4.79 Å². The molecule has 6 nitrogen and oxygen atoms in total. The highest BCUT2D eigenvalue weighted by molar-refractivity contribution is 5.93. The summed E-state index contributed by atoms with van der Waals surface area (Å²) in [6, 6.07) is 3.47. The van der Waals surface area contributed by atoms with E-state index < -0.39 is 0 Å². The number of aromatic amines is 1. The van der Waals surface area contributed by atoms with Gasteiger partial charge in [0.2, 0.25) is 0 Å². The quantitative estimate of drug-likeness (QED) is 0.847. The summed E-state index contributed by atoms with van der Waals surface area (Å²) >= 11 is 0. The Labute approximate surface area is 98.7 Å². The van der Waals surface area contributed by atoms with E-state index >= 15 is 0 Å². The molecule has 1 amide bonds. The van der Waals surface area contributed by atoms with Gasteiger partial charge in [-0.15, -0.1) is 0 Å². The van der Waals surface area contributed by atoms with Crippen LogP contribution in [0.2, 0.25) is 0 Å². The number of carbonyl (C=O) groups excluding carboxylic acids is 1. The zero-order valence-electron chi connectivity index (χ0n) is 9.71. The molecule has 1 N–H and O–H groups in total. The molecule has 0 radical (unpaired) electrons. The third kappa shape index (κ3) is 2.66. The van der Waals surface area contributed by atoms with E-state index in [-0.39, 0.29) is 5.91 Å². The van der Waals surface area contributed by atoms with Crippen LogP contribution < -0.4 is 0 Å². The molecular weight excluding hydrogens is 218 g/mol. The topological polar surface area (TPSA) is 74.8 Å². The lowest BCUT2D eigenvalue weighted by atomic mass is 10.2. The standard InChI is InChI=1S/C11H13N5O/c1-8-13-10(15-14-8)7-16(2)11(17)9-4-3-5-12-6-9/h3-6H,7H2,1-2H3,(H,13,14,15). The number of pyridine rings is 1. The van der Waals surface area contributed by atoms with E-state index in [1.54, 1.807) is 36.5 Å². The van der Waals surface area contributed by atoms with E-state index in [0.717, 1.165) is 5.82 Å². The second-order valence-electron chi connectivity index (χ2n) is 3.74. The molecule has 2 aromatic rings. The summed E-state index contributed by atoms with van der Waals surface area (Å²) in [6.07, 6.45) is 3.18. The first kappa shape index (κ1) is 11.3. The second-order valence-corrected chi connectivity index (χ2v) is 3.74. The van der Waals surface area contributed by atoms with Crippen LogP contribution in [0.4, 0.5) is 0 Å². The van der Waals surface area contributed by atoms with E-state index in [0.29, 0.717) is 17.9 Å². The molecule has 6 heteroatoms. The highest BCUT2D eigenvalue weighted by Gasteiger charge is 2.13. The molecular formula is C11H13N5O. The van der Waals surface area contributed by atoms with Crippen molar-refractivity contribution in [1.82, 2.24) is 25.1 Å². The molecule has 0 unspecified atom stereocenters. The van der Waals surface area contributed by atoms with Gasteiger partial charge in [0.15, 0.2) is 5.82 Å². The minimum absolute atomic E-state index is 0.0967. The maximum absolute atomic E-state index is 12.0. The molecule has 0 bridgehead atoms. The number of H-pyrrole nitrogens is 1. The molecule has 0 saturated carbocycles. The van der Waals surface area contributed by atoms with Crippen LogP contribution in [0.3, 0.4) is 0 Å². The van der Waals surface area contributed by atoms with E-state index in [1.165, 1.54) is 0 Å². The molecule has 0 aliphatic heterocycles. The molecule has 2 heterocycles. The number of rotatable bonds is 3. The number of hydrogen-bond donors (Lipinski definition) is 1. The Morgan fingerprint density at radius 3 is 2.94 bits per heavy atom. The highest BCUT2D eigenvalue weighted by Crippen LogP contribution is 2.04. The Morgan fingerprint density at radius 1 is 1.53 bits per heavy atom. The van der Waals surface area contributed by atoms with E-state index in [4.69, 9.17) is 0 Å². The molecule has 17 heavy (non-hydrogen) atoms. The molecule has 2 aromatic heterocycles. The Hall–Kier alpha value is -2.24. The van der Waals surface area contributed by atoms with Crippen LogP contribution in [0.25, 0.3) is 0 Å². The van der Waals surface area contributed by atoms with Gasteiger partial charge in [0.05, 0.1) is 12.1 Å². The zero-order valence-corrected chi connectivity index (χ0v) is 9.71.